The van der Waals surface area contributed by atoms with E-state index in [1.54, 1.807) is 0 Å². The molecule has 120 valence electrons. The molecular weight excluding hydrogens is 357 g/mol. The molecule has 2 heteroatoms. The number of hydrogen-bond acceptors (Lipinski definition) is 1. The van der Waals surface area contributed by atoms with Gasteiger partial charge in [-0.15, -0.1) is 0 Å². The van der Waals surface area contributed by atoms with Gasteiger partial charge in [0.15, 0.2) is 0 Å². The van der Waals surface area contributed by atoms with Crippen LogP contribution in [0.25, 0.3) is 0 Å². The second kappa shape index (κ2) is 5.81. The molecule has 0 radical (unpaired) electrons. The first-order chi connectivity index (χ1) is 11.5. The molecule has 1 nitrogen and oxygen atoms in total. The van der Waals surface area contributed by atoms with Crippen molar-refractivity contribution in [3.8, 4) is 0 Å². The fraction of sp³-hybridized carbons (Fsp3) is 0.182. The maximum atomic E-state index is 2.41. The number of para-hydroxylation sites is 2. The van der Waals surface area contributed by atoms with E-state index in [0.717, 1.165) is 0 Å². The van der Waals surface area contributed by atoms with Crippen LogP contribution >= 0.6 is 0 Å². The average molecular weight is 378 g/mol. The van der Waals surface area contributed by atoms with E-state index in [2.05, 4.69) is 98.5 Å². The Morgan fingerprint density at radius 2 is 1.17 bits per heavy atom. The van der Waals surface area contributed by atoms with Crippen molar-refractivity contribution in [1.82, 2.24) is 0 Å². The van der Waals surface area contributed by atoms with Crippen molar-refractivity contribution in [2.45, 2.75) is 26.2 Å². The molecule has 0 bridgehead atoms. The number of hydrogen-bond donors (Lipinski definition) is 0. The van der Waals surface area contributed by atoms with E-state index >= 15 is 0 Å². The van der Waals surface area contributed by atoms with Gasteiger partial charge in [0.2, 0.25) is 0 Å². The first kappa shape index (κ1) is 15.5. The fourth-order valence-electron chi connectivity index (χ4n) is 3.09. The van der Waals surface area contributed by atoms with Gasteiger partial charge in [0.05, 0.1) is 0 Å². The van der Waals surface area contributed by atoms with Gasteiger partial charge < -0.3 is 0 Å². The third-order valence-electron chi connectivity index (χ3n) is 4.42. The van der Waals surface area contributed by atoms with E-state index in [-0.39, 0.29) is 5.41 Å². The molecule has 1 heterocycles. The summed E-state index contributed by atoms with van der Waals surface area (Å²) in [6, 6.07) is 26.6. The standard InChI is InChI=1S/C22H21NSe/c1-22(2,3)16-12-14-17(15-13-16)23-18-8-4-6-10-20(18)24-21-11-7-5-9-19(21)23/h4-15H,1-3H3. The predicted molar refractivity (Wildman–Crippen MR) is 105 cm³/mol. The summed E-state index contributed by atoms with van der Waals surface area (Å²) >= 11 is 0.370. The second-order valence-electron chi connectivity index (χ2n) is 7.17. The van der Waals surface area contributed by atoms with Gasteiger partial charge in [-0.25, -0.2) is 0 Å². The van der Waals surface area contributed by atoms with Gasteiger partial charge in [-0.1, -0.05) is 0 Å². The second-order valence-corrected chi connectivity index (χ2v) is 9.44. The molecule has 3 aromatic carbocycles. The molecule has 0 spiro atoms. The normalized spacial score (nSPS) is 13.4. The van der Waals surface area contributed by atoms with E-state index in [9.17, 15) is 0 Å². The Labute approximate surface area is 150 Å². The van der Waals surface area contributed by atoms with Gasteiger partial charge in [0.1, 0.15) is 0 Å². The molecule has 0 saturated heterocycles. The van der Waals surface area contributed by atoms with E-state index < -0.39 is 0 Å². The van der Waals surface area contributed by atoms with Crippen molar-refractivity contribution in [3.05, 3.63) is 78.4 Å². The summed E-state index contributed by atoms with van der Waals surface area (Å²) in [5.41, 5.74) is 5.42. The van der Waals surface area contributed by atoms with Crippen LogP contribution in [0.3, 0.4) is 0 Å². The van der Waals surface area contributed by atoms with E-state index in [4.69, 9.17) is 0 Å². The summed E-state index contributed by atoms with van der Waals surface area (Å²) in [6.45, 7) is 6.78. The van der Waals surface area contributed by atoms with Crippen LogP contribution in [0.5, 0.6) is 0 Å². The number of anilines is 3. The van der Waals surface area contributed by atoms with Crippen LogP contribution in [0.1, 0.15) is 26.3 Å². The molecule has 0 saturated carbocycles. The monoisotopic (exact) mass is 379 g/mol. The molecule has 0 atom stereocenters. The molecule has 0 amide bonds. The van der Waals surface area contributed by atoms with Gasteiger partial charge in [-0.05, 0) is 0 Å². The molecule has 0 N–H and O–H groups in total. The summed E-state index contributed by atoms with van der Waals surface area (Å²) in [4.78, 5) is 2.41. The van der Waals surface area contributed by atoms with Gasteiger partial charge >= 0.3 is 150 Å². The van der Waals surface area contributed by atoms with Gasteiger partial charge in [0, 0.05) is 0 Å². The Morgan fingerprint density at radius 1 is 0.667 bits per heavy atom. The maximum absolute atomic E-state index is 2.41. The zero-order valence-electron chi connectivity index (χ0n) is 14.3. The van der Waals surface area contributed by atoms with Crippen LogP contribution in [-0.4, -0.2) is 15.0 Å². The minimum absolute atomic E-state index is 0.180. The van der Waals surface area contributed by atoms with Crippen molar-refractivity contribution < 1.29 is 0 Å². The molecule has 3 aromatic rings. The minimum atomic E-state index is 0.180. The fourth-order valence-corrected chi connectivity index (χ4v) is 5.31. The van der Waals surface area contributed by atoms with Crippen molar-refractivity contribution in [1.29, 1.82) is 0 Å². The van der Waals surface area contributed by atoms with E-state index in [1.165, 1.54) is 31.5 Å². The molecule has 0 aliphatic carbocycles. The molecule has 1 aliphatic rings. The quantitative estimate of drug-likeness (QED) is 0.443. The summed E-state index contributed by atoms with van der Waals surface area (Å²) in [5, 5.41) is 0. The number of benzene rings is 3. The molecule has 24 heavy (non-hydrogen) atoms. The summed E-state index contributed by atoms with van der Waals surface area (Å²) < 4.78 is 2.90. The third kappa shape index (κ3) is 2.66. The van der Waals surface area contributed by atoms with E-state index in [0.29, 0.717) is 15.0 Å². The van der Waals surface area contributed by atoms with Crippen LogP contribution in [-0.2, 0) is 5.41 Å². The van der Waals surface area contributed by atoms with Crippen molar-refractivity contribution in [2.75, 3.05) is 4.90 Å². The molecule has 0 fully saturated rings. The van der Waals surface area contributed by atoms with Crippen LogP contribution in [0, 0.1) is 0 Å². The van der Waals surface area contributed by atoms with Crippen molar-refractivity contribution in [3.63, 3.8) is 0 Å². The SMILES string of the molecule is CC(C)(C)c1ccc(N2c3ccccc3[Se]c3ccccc32)cc1. The first-order valence-electron chi connectivity index (χ1n) is 8.31. The van der Waals surface area contributed by atoms with Crippen LogP contribution in [0.2, 0.25) is 0 Å². The molecule has 0 aromatic heterocycles. The van der Waals surface area contributed by atoms with Gasteiger partial charge in [-0.3, -0.25) is 0 Å². The van der Waals surface area contributed by atoms with Crippen molar-refractivity contribution in [2.24, 2.45) is 0 Å². The van der Waals surface area contributed by atoms with Gasteiger partial charge in [-0.2, -0.15) is 0 Å². The van der Waals surface area contributed by atoms with E-state index in [1.807, 2.05) is 0 Å². The Bertz CT molecular complexity index is 829. The number of rotatable bonds is 1. The Morgan fingerprint density at radius 3 is 1.67 bits per heavy atom. The predicted octanol–water partition coefficient (Wildman–Crippen LogP) is 4.42. The molecule has 0 unspecified atom stereocenters. The average Bonchev–Trinajstić information content (AvgIpc) is 2.59. The number of nitrogens with zero attached hydrogens (tertiary/aromatic N) is 1. The molecular formula is C22H21NSe. The zero-order chi connectivity index (χ0) is 16.7. The third-order valence-corrected chi connectivity index (χ3v) is 6.80. The van der Waals surface area contributed by atoms with Crippen LogP contribution in [0.4, 0.5) is 17.1 Å². The Balaban J connectivity index is 1.86. The summed E-state index contributed by atoms with van der Waals surface area (Å²) in [5.74, 6) is 0. The molecule has 1 aliphatic heterocycles. The Kier molecular flexibility index (Phi) is 3.75. The number of fused-ring (bicyclic) bond motifs is 2. The first-order valence-corrected chi connectivity index (χ1v) is 10.0. The van der Waals surface area contributed by atoms with Crippen LogP contribution < -0.4 is 13.8 Å². The van der Waals surface area contributed by atoms with Gasteiger partial charge in [0.25, 0.3) is 0 Å². The molecule has 4 rings (SSSR count). The Hall–Kier alpha value is -2.02. The topological polar surface area (TPSA) is 3.24 Å². The van der Waals surface area contributed by atoms with Crippen LogP contribution in [0.15, 0.2) is 72.8 Å². The zero-order valence-corrected chi connectivity index (χ0v) is 16.0. The summed E-state index contributed by atoms with van der Waals surface area (Å²) in [7, 11) is 0. The van der Waals surface area contributed by atoms with Crippen molar-refractivity contribution >= 4 is 40.9 Å². The summed E-state index contributed by atoms with van der Waals surface area (Å²) in [6.07, 6.45) is 0.